The first-order valence-electron chi connectivity index (χ1n) is 7.32. The largest absolute Gasteiger partial charge is 0.469 e. The van der Waals surface area contributed by atoms with Gasteiger partial charge in [0.1, 0.15) is 25.5 Å². The third-order valence-electron chi connectivity index (χ3n) is 3.61. The van der Waals surface area contributed by atoms with Crippen molar-refractivity contribution in [2.24, 2.45) is 0 Å². The molecular weight excluding hydrogens is 300 g/mol. The Hall–Kier alpha value is -2.94. The van der Waals surface area contributed by atoms with Crippen molar-refractivity contribution in [2.75, 3.05) is 18.0 Å². The topological polar surface area (TPSA) is 129 Å². The molecule has 2 rings (SSSR count). The lowest BCUT2D eigenvalue weighted by molar-refractivity contribution is -0.385. The zero-order valence-electron chi connectivity index (χ0n) is 12.5. The summed E-state index contributed by atoms with van der Waals surface area (Å²) in [5.74, 6) is -0.174. The summed E-state index contributed by atoms with van der Waals surface area (Å²) < 4.78 is 5.71. The van der Waals surface area contributed by atoms with Crippen molar-refractivity contribution in [2.45, 2.75) is 38.2 Å². The summed E-state index contributed by atoms with van der Waals surface area (Å²) >= 11 is 0. The van der Waals surface area contributed by atoms with Crippen LogP contribution in [0.3, 0.4) is 0 Å². The lowest BCUT2D eigenvalue weighted by Crippen LogP contribution is -2.27. The van der Waals surface area contributed by atoms with Gasteiger partial charge in [-0.05, 0) is 25.7 Å². The molecule has 0 bridgehead atoms. The molecule has 1 fully saturated rings. The van der Waals surface area contributed by atoms with Crippen LogP contribution in [0.2, 0.25) is 0 Å². The van der Waals surface area contributed by atoms with Gasteiger partial charge in [-0.25, -0.2) is 4.98 Å². The summed E-state index contributed by atoms with van der Waals surface area (Å²) in [4.78, 5) is 19.8. The van der Waals surface area contributed by atoms with E-state index in [2.05, 4.69) is 9.97 Å². The molecule has 1 aromatic rings. The summed E-state index contributed by atoms with van der Waals surface area (Å²) in [6, 6.07) is 3.74. The van der Waals surface area contributed by atoms with E-state index in [1.54, 1.807) is 0 Å². The summed E-state index contributed by atoms with van der Waals surface area (Å²) in [7, 11) is 0. The first-order valence-corrected chi connectivity index (χ1v) is 7.32. The fraction of sp³-hybridized carbons (Fsp3) is 0.571. The van der Waals surface area contributed by atoms with Crippen molar-refractivity contribution in [3.63, 3.8) is 0 Å². The van der Waals surface area contributed by atoms with E-state index in [9.17, 15) is 10.1 Å². The lowest BCUT2D eigenvalue weighted by Gasteiger charge is -2.23. The zero-order valence-corrected chi connectivity index (χ0v) is 12.5. The zero-order chi connectivity index (χ0) is 16.7. The number of hydrogen-bond donors (Lipinski definition) is 0. The van der Waals surface area contributed by atoms with Gasteiger partial charge in [-0.15, -0.1) is 0 Å². The van der Waals surface area contributed by atoms with Gasteiger partial charge in [0.15, 0.2) is 0 Å². The fourth-order valence-corrected chi connectivity index (χ4v) is 2.55. The van der Waals surface area contributed by atoms with Crippen LogP contribution in [-0.2, 0) is 0 Å². The van der Waals surface area contributed by atoms with Crippen molar-refractivity contribution >= 4 is 11.5 Å². The second-order valence-electron chi connectivity index (χ2n) is 5.16. The highest BCUT2D eigenvalue weighted by atomic mass is 16.6. The molecule has 0 amide bonds. The van der Waals surface area contributed by atoms with Gasteiger partial charge in [-0.2, -0.15) is 15.5 Å². The van der Waals surface area contributed by atoms with Crippen LogP contribution in [0.15, 0.2) is 6.33 Å². The van der Waals surface area contributed by atoms with Crippen LogP contribution in [0.25, 0.3) is 0 Å². The second kappa shape index (κ2) is 7.90. The van der Waals surface area contributed by atoms with Crippen LogP contribution in [-0.4, -0.2) is 34.1 Å². The number of nitriles is 2. The van der Waals surface area contributed by atoms with Gasteiger partial charge in [0, 0.05) is 0 Å². The first-order chi connectivity index (χ1) is 11.2. The molecule has 0 aliphatic heterocycles. The van der Waals surface area contributed by atoms with Gasteiger partial charge in [-0.3, -0.25) is 10.1 Å². The predicted octanol–water partition coefficient (Wildman–Crippen LogP) is 1.95. The van der Waals surface area contributed by atoms with Crippen molar-refractivity contribution in [3.8, 4) is 18.0 Å². The minimum absolute atomic E-state index is 0.0705. The minimum Gasteiger partial charge on any atom is -0.469 e. The van der Waals surface area contributed by atoms with E-state index in [1.165, 1.54) is 4.90 Å². The van der Waals surface area contributed by atoms with Crippen molar-refractivity contribution < 1.29 is 9.66 Å². The Bertz CT molecular complexity index is 629. The molecule has 1 aromatic heterocycles. The maximum Gasteiger partial charge on any atom is 0.373 e. The third-order valence-corrected chi connectivity index (χ3v) is 3.61. The smallest absolute Gasteiger partial charge is 0.373 e. The molecule has 1 aliphatic carbocycles. The van der Waals surface area contributed by atoms with Crippen LogP contribution in [0.1, 0.15) is 32.1 Å². The summed E-state index contributed by atoms with van der Waals surface area (Å²) in [6.45, 7) is -0.372. The standard InChI is InChI=1S/C14H16N6O3/c15-6-8-19(9-7-16)13-12(20(21)22)14(18-10-17-13)23-11-4-2-1-3-5-11/h10-11H,1-5,8-9H2. The van der Waals surface area contributed by atoms with Gasteiger partial charge < -0.3 is 9.64 Å². The number of aromatic nitrogens is 2. The van der Waals surface area contributed by atoms with Crippen LogP contribution in [0.4, 0.5) is 11.5 Å². The Morgan fingerprint density at radius 1 is 1.26 bits per heavy atom. The Kier molecular flexibility index (Phi) is 5.64. The van der Waals surface area contributed by atoms with Crippen molar-refractivity contribution in [1.29, 1.82) is 10.5 Å². The highest BCUT2D eigenvalue weighted by molar-refractivity contribution is 5.63. The van der Waals surface area contributed by atoms with Crippen LogP contribution < -0.4 is 9.64 Å². The second-order valence-corrected chi connectivity index (χ2v) is 5.16. The Morgan fingerprint density at radius 3 is 2.48 bits per heavy atom. The Labute approximate surface area is 133 Å². The molecule has 9 heteroatoms. The molecule has 0 unspecified atom stereocenters. The van der Waals surface area contributed by atoms with Gasteiger partial charge in [0.2, 0.25) is 5.82 Å². The number of nitro groups is 1. The van der Waals surface area contributed by atoms with E-state index in [0.29, 0.717) is 0 Å². The molecule has 0 spiro atoms. The number of ether oxygens (including phenoxy) is 1. The Balaban J connectivity index is 2.35. The quantitative estimate of drug-likeness (QED) is 0.442. The first kappa shape index (κ1) is 16.4. The van der Waals surface area contributed by atoms with E-state index < -0.39 is 10.6 Å². The molecule has 120 valence electrons. The average Bonchev–Trinajstić information content (AvgIpc) is 2.55. The van der Waals surface area contributed by atoms with Crippen LogP contribution >= 0.6 is 0 Å². The van der Waals surface area contributed by atoms with E-state index in [4.69, 9.17) is 15.3 Å². The Morgan fingerprint density at radius 2 is 1.91 bits per heavy atom. The van der Waals surface area contributed by atoms with Gasteiger partial charge in [0.05, 0.1) is 17.1 Å². The predicted molar refractivity (Wildman–Crippen MR) is 79.6 cm³/mol. The van der Waals surface area contributed by atoms with E-state index in [1.807, 2.05) is 12.1 Å². The van der Waals surface area contributed by atoms with Crippen molar-refractivity contribution in [3.05, 3.63) is 16.4 Å². The molecule has 1 saturated carbocycles. The monoisotopic (exact) mass is 316 g/mol. The van der Waals surface area contributed by atoms with Crippen LogP contribution in [0.5, 0.6) is 5.88 Å². The maximum absolute atomic E-state index is 11.5. The van der Waals surface area contributed by atoms with Crippen LogP contribution in [0, 0.1) is 32.8 Å². The number of nitrogens with zero attached hydrogens (tertiary/aromatic N) is 6. The highest BCUT2D eigenvalue weighted by Gasteiger charge is 2.30. The SMILES string of the molecule is N#CCN(CC#N)c1ncnc(OC2CCCCC2)c1[N+](=O)[O-]. The summed E-state index contributed by atoms with van der Waals surface area (Å²) in [6.07, 6.45) is 5.88. The number of rotatable bonds is 6. The van der Waals surface area contributed by atoms with Crippen molar-refractivity contribution in [1.82, 2.24) is 9.97 Å². The number of anilines is 1. The molecule has 0 radical (unpaired) electrons. The highest BCUT2D eigenvalue weighted by Crippen LogP contribution is 2.35. The fourth-order valence-electron chi connectivity index (χ4n) is 2.55. The van der Waals surface area contributed by atoms with E-state index in [-0.39, 0.29) is 30.9 Å². The normalized spacial score (nSPS) is 14.5. The molecular formula is C14H16N6O3. The third kappa shape index (κ3) is 4.04. The lowest BCUT2D eigenvalue weighted by atomic mass is 9.98. The van der Waals surface area contributed by atoms with Gasteiger partial charge >= 0.3 is 5.69 Å². The average molecular weight is 316 g/mol. The van der Waals surface area contributed by atoms with E-state index in [0.717, 1.165) is 38.4 Å². The van der Waals surface area contributed by atoms with Gasteiger partial charge in [0.25, 0.3) is 5.88 Å². The molecule has 1 heterocycles. The molecule has 0 N–H and O–H groups in total. The summed E-state index contributed by atoms with van der Waals surface area (Å²) in [5, 5.41) is 29.1. The number of hydrogen-bond acceptors (Lipinski definition) is 8. The maximum atomic E-state index is 11.5. The molecule has 23 heavy (non-hydrogen) atoms. The summed E-state index contributed by atoms with van der Waals surface area (Å²) in [5.41, 5.74) is -0.399. The van der Waals surface area contributed by atoms with Gasteiger partial charge in [-0.1, -0.05) is 6.42 Å². The molecule has 9 nitrogen and oxygen atoms in total. The van der Waals surface area contributed by atoms with E-state index >= 15 is 0 Å². The molecule has 0 atom stereocenters. The molecule has 1 aliphatic rings. The molecule has 0 saturated heterocycles. The minimum atomic E-state index is -0.630. The molecule has 0 aromatic carbocycles.